The van der Waals surface area contributed by atoms with Crippen LogP contribution in [0.3, 0.4) is 0 Å². The lowest BCUT2D eigenvalue weighted by Crippen LogP contribution is -2.42. The molecule has 3 unspecified atom stereocenters. The van der Waals surface area contributed by atoms with Crippen LogP contribution in [0.25, 0.3) is 0 Å². The molecule has 2 bridgehead atoms. The van der Waals surface area contributed by atoms with Crippen LogP contribution in [0, 0.1) is 17.3 Å². The standard InChI is InChI=1S/C12H20F3NO/c1-16-6-11(7-17-8-12(13,14)15)5-9-2-3-10(11)4-9/h9-10,16H,2-8H2,1H3. The zero-order chi connectivity index (χ0) is 12.5. The molecule has 2 aliphatic rings. The van der Waals surface area contributed by atoms with E-state index in [9.17, 15) is 13.2 Å². The Balaban J connectivity index is 1.89. The molecule has 5 heteroatoms. The summed E-state index contributed by atoms with van der Waals surface area (Å²) < 4.78 is 41.2. The number of fused-ring (bicyclic) bond motifs is 2. The van der Waals surface area contributed by atoms with Gasteiger partial charge in [0.05, 0.1) is 6.61 Å². The van der Waals surface area contributed by atoms with Crippen molar-refractivity contribution in [3.05, 3.63) is 0 Å². The Bertz CT molecular complexity index is 269. The Labute approximate surface area is 99.9 Å². The monoisotopic (exact) mass is 251 g/mol. The molecule has 0 radical (unpaired) electrons. The van der Waals surface area contributed by atoms with Gasteiger partial charge >= 0.3 is 6.18 Å². The Morgan fingerprint density at radius 1 is 1.35 bits per heavy atom. The van der Waals surface area contributed by atoms with Crippen molar-refractivity contribution in [3.63, 3.8) is 0 Å². The molecule has 0 saturated heterocycles. The third kappa shape index (κ3) is 2.94. The van der Waals surface area contributed by atoms with Crippen molar-refractivity contribution < 1.29 is 17.9 Å². The van der Waals surface area contributed by atoms with E-state index in [1.165, 1.54) is 12.8 Å². The number of halogens is 3. The van der Waals surface area contributed by atoms with Crippen molar-refractivity contribution >= 4 is 0 Å². The maximum absolute atomic E-state index is 12.1. The quantitative estimate of drug-likeness (QED) is 0.811. The summed E-state index contributed by atoms with van der Waals surface area (Å²) in [5, 5.41) is 3.12. The van der Waals surface area contributed by atoms with Crippen LogP contribution in [0.1, 0.15) is 25.7 Å². The highest BCUT2D eigenvalue weighted by Gasteiger charge is 2.50. The van der Waals surface area contributed by atoms with Crippen LogP contribution < -0.4 is 5.32 Å². The van der Waals surface area contributed by atoms with Crippen molar-refractivity contribution in [1.82, 2.24) is 5.32 Å². The predicted octanol–water partition coefficient (Wildman–Crippen LogP) is 2.59. The van der Waals surface area contributed by atoms with E-state index in [0.717, 1.165) is 19.4 Å². The molecule has 0 aromatic rings. The fourth-order valence-electron chi connectivity index (χ4n) is 3.72. The number of hydrogen-bond donors (Lipinski definition) is 1. The summed E-state index contributed by atoms with van der Waals surface area (Å²) in [4.78, 5) is 0. The molecule has 2 aliphatic carbocycles. The summed E-state index contributed by atoms with van der Waals surface area (Å²) in [6.45, 7) is -0.101. The normalized spacial score (nSPS) is 36.7. The summed E-state index contributed by atoms with van der Waals surface area (Å²) in [5.41, 5.74) is -0.0527. The maximum atomic E-state index is 12.1. The molecule has 1 N–H and O–H groups in total. The second-order valence-corrected chi connectivity index (χ2v) is 5.58. The summed E-state index contributed by atoms with van der Waals surface area (Å²) in [5.74, 6) is 1.26. The van der Waals surface area contributed by atoms with Gasteiger partial charge in [-0.15, -0.1) is 0 Å². The molecule has 0 aromatic heterocycles. The second-order valence-electron chi connectivity index (χ2n) is 5.58. The lowest BCUT2D eigenvalue weighted by Gasteiger charge is -2.37. The van der Waals surface area contributed by atoms with Gasteiger partial charge < -0.3 is 10.1 Å². The fraction of sp³-hybridized carbons (Fsp3) is 1.00. The Kier molecular flexibility index (Phi) is 3.69. The highest BCUT2D eigenvalue weighted by atomic mass is 19.4. The third-order valence-corrected chi connectivity index (χ3v) is 4.29. The Morgan fingerprint density at radius 2 is 2.12 bits per heavy atom. The number of rotatable bonds is 5. The summed E-state index contributed by atoms with van der Waals surface area (Å²) >= 11 is 0. The van der Waals surface area contributed by atoms with E-state index in [0.29, 0.717) is 11.8 Å². The second kappa shape index (κ2) is 4.76. The van der Waals surface area contributed by atoms with Crippen LogP contribution >= 0.6 is 0 Å². The lowest BCUT2D eigenvalue weighted by molar-refractivity contribution is -0.183. The minimum absolute atomic E-state index is 0.0527. The van der Waals surface area contributed by atoms with Crippen molar-refractivity contribution in [2.45, 2.75) is 31.9 Å². The molecule has 0 aromatic carbocycles. The van der Waals surface area contributed by atoms with E-state index in [2.05, 4.69) is 5.32 Å². The molecule has 0 amide bonds. The summed E-state index contributed by atoms with van der Waals surface area (Å²) in [6, 6.07) is 0. The molecule has 2 nitrogen and oxygen atoms in total. The van der Waals surface area contributed by atoms with Gasteiger partial charge in [0.25, 0.3) is 0 Å². The number of ether oxygens (including phenoxy) is 1. The van der Waals surface area contributed by atoms with Crippen LogP contribution in [0.15, 0.2) is 0 Å². The molecule has 0 aliphatic heterocycles. The van der Waals surface area contributed by atoms with Crippen molar-refractivity contribution in [1.29, 1.82) is 0 Å². The van der Waals surface area contributed by atoms with E-state index < -0.39 is 12.8 Å². The van der Waals surface area contributed by atoms with Crippen molar-refractivity contribution in [3.8, 4) is 0 Å². The van der Waals surface area contributed by atoms with E-state index in [1.807, 2.05) is 7.05 Å². The zero-order valence-corrected chi connectivity index (χ0v) is 10.1. The smallest absolute Gasteiger partial charge is 0.371 e. The average Bonchev–Trinajstić information content (AvgIpc) is 2.76. The van der Waals surface area contributed by atoms with Crippen LogP contribution in [0.4, 0.5) is 13.2 Å². The highest BCUT2D eigenvalue weighted by Crippen LogP contribution is 2.55. The maximum Gasteiger partial charge on any atom is 0.411 e. The SMILES string of the molecule is CNCC1(COCC(F)(F)F)CC2CCC1C2. The van der Waals surface area contributed by atoms with Gasteiger partial charge in [0.15, 0.2) is 0 Å². The first kappa shape index (κ1) is 13.1. The van der Waals surface area contributed by atoms with E-state index in [1.54, 1.807) is 0 Å². The zero-order valence-electron chi connectivity index (χ0n) is 10.1. The molecule has 0 spiro atoms. The third-order valence-electron chi connectivity index (χ3n) is 4.29. The average molecular weight is 251 g/mol. The van der Waals surface area contributed by atoms with Gasteiger partial charge in [-0.05, 0) is 38.1 Å². The molecule has 100 valence electrons. The van der Waals surface area contributed by atoms with Gasteiger partial charge in [0, 0.05) is 12.0 Å². The highest BCUT2D eigenvalue weighted by molar-refractivity contribution is 5.01. The Hall–Kier alpha value is -0.290. The van der Waals surface area contributed by atoms with Crippen molar-refractivity contribution in [2.75, 3.05) is 26.8 Å². The topological polar surface area (TPSA) is 21.3 Å². The van der Waals surface area contributed by atoms with E-state index >= 15 is 0 Å². The van der Waals surface area contributed by atoms with Crippen LogP contribution in [-0.4, -0.2) is 33.0 Å². The van der Waals surface area contributed by atoms with Gasteiger partial charge in [0.1, 0.15) is 6.61 Å². The minimum atomic E-state index is -4.21. The van der Waals surface area contributed by atoms with Crippen LogP contribution in [-0.2, 0) is 4.74 Å². The van der Waals surface area contributed by atoms with E-state index in [4.69, 9.17) is 4.74 Å². The number of nitrogens with one attached hydrogen (secondary N) is 1. The number of alkyl halides is 3. The van der Waals surface area contributed by atoms with Gasteiger partial charge in [-0.25, -0.2) is 0 Å². The first-order valence-corrected chi connectivity index (χ1v) is 6.24. The summed E-state index contributed by atoms with van der Waals surface area (Å²) in [7, 11) is 1.86. The van der Waals surface area contributed by atoms with Crippen LogP contribution in [0.2, 0.25) is 0 Å². The predicted molar refractivity (Wildman–Crippen MR) is 58.7 cm³/mol. The minimum Gasteiger partial charge on any atom is -0.371 e. The van der Waals surface area contributed by atoms with Gasteiger partial charge in [0.2, 0.25) is 0 Å². The molecule has 2 rings (SSSR count). The molecule has 2 fully saturated rings. The van der Waals surface area contributed by atoms with E-state index in [-0.39, 0.29) is 12.0 Å². The van der Waals surface area contributed by atoms with Gasteiger partial charge in [-0.1, -0.05) is 6.42 Å². The largest absolute Gasteiger partial charge is 0.411 e. The first-order chi connectivity index (χ1) is 7.95. The molecular formula is C12H20F3NO. The fourth-order valence-corrected chi connectivity index (χ4v) is 3.72. The van der Waals surface area contributed by atoms with Gasteiger partial charge in [-0.2, -0.15) is 13.2 Å². The van der Waals surface area contributed by atoms with Crippen molar-refractivity contribution in [2.24, 2.45) is 17.3 Å². The number of hydrogen-bond acceptors (Lipinski definition) is 2. The first-order valence-electron chi connectivity index (χ1n) is 6.24. The molecule has 3 atom stereocenters. The molecule has 0 heterocycles. The van der Waals surface area contributed by atoms with Crippen LogP contribution in [0.5, 0.6) is 0 Å². The van der Waals surface area contributed by atoms with Gasteiger partial charge in [-0.3, -0.25) is 0 Å². The lowest BCUT2D eigenvalue weighted by atomic mass is 9.73. The Morgan fingerprint density at radius 3 is 2.59 bits per heavy atom. The molecule has 2 saturated carbocycles. The molecular weight excluding hydrogens is 231 g/mol. The molecule has 17 heavy (non-hydrogen) atoms. The summed E-state index contributed by atoms with van der Waals surface area (Å²) in [6.07, 6.45) is 0.392.